The van der Waals surface area contributed by atoms with Gasteiger partial charge in [-0.1, -0.05) is 22.9 Å². The Morgan fingerprint density at radius 3 is 2.58 bits per heavy atom. The fourth-order valence-electron chi connectivity index (χ4n) is 2.42. The van der Waals surface area contributed by atoms with Gasteiger partial charge in [-0.05, 0) is 13.8 Å². The highest BCUT2D eigenvalue weighted by Crippen LogP contribution is 2.33. The molecule has 3 heterocycles. The number of anilines is 1. The molecule has 0 aliphatic rings. The smallest absolute Gasteiger partial charge is 0.287 e. The van der Waals surface area contributed by atoms with Crippen LogP contribution < -0.4 is 5.32 Å². The van der Waals surface area contributed by atoms with E-state index in [0.717, 1.165) is 4.09 Å². The molecule has 0 atom stereocenters. The van der Waals surface area contributed by atoms with Crippen LogP contribution in [-0.2, 0) is 21.9 Å². The molecule has 138 valence electrons. The van der Waals surface area contributed by atoms with Gasteiger partial charge >= 0.3 is 0 Å². The second kappa shape index (κ2) is 6.49. The van der Waals surface area contributed by atoms with Crippen LogP contribution in [-0.4, -0.2) is 38.3 Å². The van der Waals surface area contributed by atoms with Crippen molar-refractivity contribution in [2.45, 2.75) is 25.7 Å². The number of rotatable bonds is 4. The lowest BCUT2D eigenvalue weighted by Gasteiger charge is -2.03. The first-order chi connectivity index (χ1) is 12.1. The van der Waals surface area contributed by atoms with E-state index < -0.39 is 10.0 Å². The van der Waals surface area contributed by atoms with E-state index in [1.54, 1.807) is 20.9 Å². The van der Waals surface area contributed by atoms with Gasteiger partial charge in [-0.15, -0.1) is 0 Å². The van der Waals surface area contributed by atoms with Gasteiger partial charge in [0.2, 0.25) is 5.91 Å². The molecule has 0 radical (unpaired) electrons. The molecule has 3 aromatic heterocycles. The summed E-state index contributed by atoms with van der Waals surface area (Å²) in [5, 5.41) is 11.1. The summed E-state index contributed by atoms with van der Waals surface area (Å²) in [6.07, 6.45) is 2.81. The molecule has 1 amide bonds. The second-order valence-electron chi connectivity index (χ2n) is 5.55. The molecule has 0 unspecified atom stereocenters. The first kappa shape index (κ1) is 18.5. The van der Waals surface area contributed by atoms with Gasteiger partial charge in [0.25, 0.3) is 10.0 Å². The number of carbonyl (C=O) groups excluding carboxylic acids is 1. The molecule has 12 heteroatoms. The Balaban J connectivity index is 2.03. The molecule has 0 saturated carbocycles. The van der Waals surface area contributed by atoms with Crippen LogP contribution in [0.1, 0.15) is 18.3 Å². The number of aryl methyl sites for hydroxylation is 3. The third kappa shape index (κ3) is 3.13. The maximum absolute atomic E-state index is 12.9. The molecule has 9 nitrogen and oxygen atoms in total. The molecular weight excluding hydrogens is 400 g/mol. The molecule has 3 aromatic rings. The monoisotopic (exact) mass is 414 g/mol. The molecule has 0 aliphatic carbocycles. The molecule has 3 rings (SSSR count). The minimum absolute atomic E-state index is 0.0152. The van der Waals surface area contributed by atoms with Gasteiger partial charge in [-0.25, -0.2) is 4.98 Å². The van der Waals surface area contributed by atoms with Gasteiger partial charge in [0, 0.05) is 19.5 Å². The third-order valence-electron chi connectivity index (χ3n) is 3.51. The van der Waals surface area contributed by atoms with Crippen molar-refractivity contribution in [2.75, 3.05) is 5.32 Å². The average Bonchev–Trinajstić information content (AvgIpc) is 3.18. The Hall–Kier alpha value is -2.24. The van der Waals surface area contributed by atoms with Gasteiger partial charge in [-0.2, -0.15) is 22.7 Å². The van der Waals surface area contributed by atoms with Crippen molar-refractivity contribution in [3.8, 4) is 10.4 Å². The first-order valence-electron chi connectivity index (χ1n) is 7.36. The van der Waals surface area contributed by atoms with Crippen LogP contribution >= 0.6 is 22.9 Å². The summed E-state index contributed by atoms with van der Waals surface area (Å²) in [6.45, 7) is 4.72. The van der Waals surface area contributed by atoms with Crippen molar-refractivity contribution in [1.29, 1.82) is 0 Å². The molecule has 0 aliphatic heterocycles. The molecule has 0 spiro atoms. The standard InChI is InChI=1S/C14H15ClN6O3S2/c1-7-11(25-14(17-7)18-9(3)22)10-5-16-21(6-10)26(23,24)12-8(2)19-20(4)13(12)15/h5-6H,1-4H3,(H,17,18,22). The number of hydrogen-bond donors (Lipinski definition) is 1. The number of hydrogen-bond acceptors (Lipinski definition) is 7. The minimum Gasteiger partial charge on any atom is -0.302 e. The van der Waals surface area contributed by atoms with Crippen LogP contribution in [0.4, 0.5) is 5.13 Å². The number of thiazole rings is 1. The van der Waals surface area contributed by atoms with E-state index in [4.69, 9.17) is 11.6 Å². The van der Waals surface area contributed by atoms with Gasteiger partial charge in [0.15, 0.2) is 5.13 Å². The van der Waals surface area contributed by atoms with Gasteiger partial charge < -0.3 is 5.32 Å². The Kier molecular flexibility index (Phi) is 4.63. The van der Waals surface area contributed by atoms with Gasteiger partial charge in [-0.3, -0.25) is 9.48 Å². The molecule has 0 aromatic carbocycles. The summed E-state index contributed by atoms with van der Waals surface area (Å²) in [5.41, 5.74) is 1.51. The fourth-order valence-corrected chi connectivity index (χ4v) is 5.24. The summed E-state index contributed by atoms with van der Waals surface area (Å²) < 4.78 is 27.9. The number of amides is 1. The number of carbonyl (C=O) groups is 1. The normalized spacial score (nSPS) is 11.7. The highest BCUT2D eigenvalue weighted by atomic mass is 35.5. The number of nitrogens with one attached hydrogen (secondary N) is 1. The van der Waals surface area contributed by atoms with Crippen molar-refractivity contribution < 1.29 is 13.2 Å². The predicted molar refractivity (Wildman–Crippen MR) is 97.9 cm³/mol. The van der Waals surface area contributed by atoms with E-state index in [0.29, 0.717) is 21.3 Å². The highest BCUT2D eigenvalue weighted by molar-refractivity contribution is 7.90. The molecular formula is C14H15ClN6O3S2. The number of halogens is 1. The average molecular weight is 415 g/mol. The lowest BCUT2D eigenvalue weighted by Crippen LogP contribution is -2.14. The van der Waals surface area contributed by atoms with E-state index in [2.05, 4.69) is 20.5 Å². The van der Waals surface area contributed by atoms with Crippen LogP contribution in [0.3, 0.4) is 0 Å². The Labute approximate surface area is 158 Å². The second-order valence-corrected chi connectivity index (χ2v) is 8.64. The SMILES string of the molecule is CC(=O)Nc1nc(C)c(-c2cnn(S(=O)(=O)c3c(C)nn(C)c3Cl)c2)s1. The molecule has 0 bridgehead atoms. The van der Waals surface area contributed by atoms with Gasteiger partial charge in [0.1, 0.15) is 10.0 Å². The zero-order valence-corrected chi connectivity index (χ0v) is 16.7. The molecule has 1 N–H and O–H groups in total. The zero-order valence-electron chi connectivity index (χ0n) is 14.3. The lowest BCUT2D eigenvalue weighted by atomic mass is 10.2. The first-order valence-corrected chi connectivity index (χ1v) is 9.99. The van der Waals surface area contributed by atoms with E-state index in [1.165, 1.54) is 35.3 Å². The summed E-state index contributed by atoms with van der Waals surface area (Å²) in [6, 6.07) is 0. The zero-order chi connectivity index (χ0) is 19.2. The van der Waals surface area contributed by atoms with E-state index >= 15 is 0 Å². The molecule has 0 saturated heterocycles. The van der Waals surface area contributed by atoms with Crippen LogP contribution in [0.5, 0.6) is 0 Å². The van der Waals surface area contributed by atoms with Crippen LogP contribution in [0, 0.1) is 13.8 Å². The predicted octanol–water partition coefficient (Wildman–Crippen LogP) is 2.21. The lowest BCUT2D eigenvalue weighted by molar-refractivity contribution is -0.114. The summed E-state index contributed by atoms with van der Waals surface area (Å²) in [4.78, 5) is 16.0. The minimum atomic E-state index is -3.99. The quantitative estimate of drug-likeness (QED) is 0.700. The third-order valence-corrected chi connectivity index (χ3v) is 6.87. The maximum Gasteiger partial charge on any atom is 0.287 e. The van der Waals surface area contributed by atoms with Crippen molar-refractivity contribution in [1.82, 2.24) is 24.0 Å². The summed E-state index contributed by atoms with van der Waals surface area (Å²) >= 11 is 7.32. The molecule has 26 heavy (non-hydrogen) atoms. The van der Waals surface area contributed by atoms with E-state index in [1.807, 2.05) is 0 Å². The van der Waals surface area contributed by atoms with Crippen molar-refractivity contribution >= 4 is 44.0 Å². The van der Waals surface area contributed by atoms with E-state index in [-0.39, 0.29) is 21.6 Å². The van der Waals surface area contributed by atoms with Crippen LogP contribution in [0.25, 0.3) is 10.4 Å². The van der Waals surface area contributed by atoms with Crippen molar-refractivity contribution in [3.63, 3.8) is 0 Å². The fraction of sp³-hybridized carbons (Fsp3) is 0.286. The largest absolute Gasteiger partial charge is 0.302 e. The van der Waals surface area contributed by atoms with Crippen LogP contribution in [0.2, 0.25) is 5.15 Å². The molecule has 0 fully saturated rings. The summed E-state index contributed by atoms with van der Waals surface area (Å²) in [5.74, 6) is -0.231. The van der Waals surface area contributed by atoms with Gasteiger partial charge in [0.05, 0.1) is 28.7 Å². The Morgan fingerprint density at radius 1 is 1.31 bits per heavy atom. The van der Waals surface area contributed by atoms with Crippen LogP contribution in [0.15, 0.2) is 17.3 Å². The van der Waals surface area contributed by atoms with E-state index in [9.17, 15) is 13.2 Å². The number of nitrogens with zero attached hydrogens (tertiary/aromatic N) is 5. The van der Waals surface area contributed by atoms with Crippen molar-refractivity contribution in [2.24, 2.45) is 7.05 Å². The van der Waals surface area contributed by atoms with Crippen molar-refractivity contribution in [3.05, 3.63) is 28.9 Å². The number of aromatic nitrogens is 5. The Morgan fingerprint density at radius 2 is 2.00 bits per heavy atom. The summed E-state index contributed by atoms with van der Waals surface area (Å²) in [7, 11) is -2.42. The topological polar surface area (TPSA) is 112 Å². The highest BCUT2D eigenvalue weighted by Gasteiger charge is 2.28. The maximum atomic E-state index is 12.9. The Bertz CT molecular complexity index is 1110.